The van der Waals surface area contributed by atoms with E-state index in [0.29, 0.717) is 5.56 Å². The summed E-state index contributed by atoms with van der Waals surface area (Å²) in [5, 5.41) is 0. The van der Waals surface area contributed by atoms with Gasteiger partial charge in [0.1, 0.15) is 5.54 Å². The molecule has 2 nitrogen and oxygen atoms in total. The average Bonchev–Trinajstić information content (AvgIpc) is 2.59. The molecule has 2 rings (SSSR count). The Labute approximate surface area is 150 Å². The first-order chi connectivity index (χ1) is 11.8. The van der Waals surface area contributed by atoms with Crippen molar-refractivity contribution in [3.05, 3.63) is 77.9 Å². The number of hydrogen-bond acceptors (Lipinski definition) is 1. The van der Waals surface area contributed by atoms with Gasteiger partial charge in [-0.15, -0.1) is 0 Å². The third-order valence-electron chi connectivity index (χ3n) is 3.75. The molecule has 0 saturated carbocycles. The minimum atomic E-state index is -2.78. The maximum Gasteiger partial charge on any atom is 0.265 e. The number of rotatable bonds is 6. The second-order valence-corrected chi connectivity index (χ2v) is 8.73. The van der Waals surface area contributed by atoms with Gasteiger partial charge in [0.05, 0.1) is 15.7 Å². The molecule has 0 aliphatic heterocycles. The number of halogens is 2. The van der Waals surface area contributed by atoms with Crippen molar-refractivity contribution in [3.63, 3.8) is 0 Å². The van der Waals surface area contributed by atoms with Crippen molar-refractivity contribution >= 4 is 17.1 Å². The lowest BCUT2D eigenvalue weighted by Gasteiger charge is -2.34. The monoisotopic (exact) mass is 363 g/mol. The van der Waals surface area contributed by atoms with E-state index in [1.54, 1.807) is 57.2 Å². The minimum absolute atomic E-state index is 0.370. The van der Waals surface area contributed by atoms with Gasteiger partial charge in [0.15, 0.2) is 0 Å². The van der Waals surface area contributed by atoms with Crippen LogP contribution in [-0.2, 0) is 16.5 Å². The van der Waals surface area contributed by atoms with E-state index in [-0.39, 0.29) is 0 Å². The summed E-state index contributed by atoms with van der Waals surface area (Å²) in [5.41, 5.74) is -0.670. The van der Waals surface area contributed by atoms with Crippen molar-refractivity contribution in [1.29, 1.82) is 0 Å². The largest absolute Gasteiger partial charge is 0.265 e. The summed E-state index contributed by atoms with van der Waals surface area (Å²) >= 11 is 0. The van der Waals surface area contributed by atoms with Gasteiger partial charge in [-0.3, -0.25) is 0 Å². The summed E-state index contributed by atoms with van der Waals surface area (Å²) in [6, 6.07) is 17.6. The third-order valence-corrected chi connectivity index (χ3v) is 5.39. The lowest BCUT2D eigenvalue weighted by Crippen LogP contribution is -2.51. The van der Waals surface area contributed by atoms with Gasteiger partial charge in [-0.2, -0.15) is 0 Å². The zero-order valence-electron chi connectivity index (χ0n) is 14.6. The molecule has 0 aliphatic rings. The summed E-state index contributed by atoms with van der Waals surface area (Å²) < 4.78 is 43.1. The summed E-state index contributed by atoms with van der Waals surface area (Å²) in [6.45, 7) is 5.24. The van der Waals surface area contributed by atoms with Crippen LogP contribution in [0.5, 0.6) is 0 Å². The zero-order valence-corrected chi connectivity index (χ0v) is 15.4. The number of hydrogen-bond donors (Lipinski definition) is 1. The highest BCUT2D eigenvalue weighted by Gasteiger charge is 2.42. The highest BCUT2D eigenvalue weighted by atomic mass is 32.2. The molecule has 0 saturated heterocycles. The summed E-state index contributed by atoms with van der Waals surface area (Å²) in [6.07, 6.45) is 0.263. The van der Waals surface area contributed by atoms with E-state index in [9.17, 15) is 13.0 Å². The van der Waals surface area contributed by atoms with Crippen molar-refractivity contribution < 1.29 is 13.0 Å². The second-order valence-electron chi connectivity index (χ2n) is 6.76. The Balaban J connectivity index is 2.52. The number of nitrogens with one attached hydrogen (secondary N) is 1. The Morgan fingerprint density at radius 1 is 0.960 bits per heavy atom. The quantitative estimate of drug-likeness (QED) is 0.776. The van der Waals surface area contributed by atoms with Crippen LogP contribution in [0.3, 0.4) is 0 Å². The van der Waals surface area contributed by atoms with Gasteiger partial charge >= 0.3 is 0 Å². The normalized spacial score (nSPS) is 16.1. The Morgan fingerprint density at radius 3 is 1.96 bits per heavy atom. The molecule has 134 valence electrons. The zero-order chi connectivity index (χ0) is 18.5. The Hall–Kier alpha value is -1.85. The Kier molecular flexibility index (Phi) is 6.25. The smallest absolute Gasteiger partial charge is 0.242 e. The molecule has 0 fully saturated rings. The maximum absolute atomic E-state index is 14.2. The minimum Gasteiger partial charge on any atom is -0.242 e. The molecule has 2 aromatic rings. The van der Waals surface area contributed by atoms with Crippen LogP contribution in [0.15, 0.2) is 66.7 Å². The van der Waals surface area contributed by atoms with Crippen molar-refractivity contribution in [3.8, 4) is 0 Å². The molecule has 2 atom stereocenters. The van der Waals surface area contributed by atoms with E-state index in [2.05, 4.69) is 4.72 Å². The Bertz CT molecular complexity index is 726. The van der Waals surface area contributed by atoms with Gasteiger partial charge in [-0.05, 0) is 31.9 Å². The average molecular weight is 363 g/mol. The molecular formula is C20H23F2NOS. The predicted molar refractivity (Wildman–Crippen MR) is 101 cm³/mol. The molecule has 0 heterocycles. The van der Waals surface area contributed by atoms with Crippen molar-refractivity contribution in [2.24, 2.45) is 0 Å². The fourth-order valence-corrected chi connectivity index (χ4v) is 3.13. The molecule has 1 unspecified atom stereocenters. The molecule has 1 N–H and O–H groups in total. The van der Waals surface area contributed by atoms with Crippen LogP contribution in [0, 0.1) is 0 Å². The van der Waals surface area contributed by atoms with Gasteiger partial charge in [0.25, 0.3) is 6.43 Å². The predicted octanol–water partition coefficient (Wildman–Crippen LogP) is 4.91. The van der Waals surface area contributed by atoms with E-state index in [4.69, 9.17) is 0 Å². The van der Waals surface area contributed by atoms with Gasteiger partial charge in [0.2, 0.25) is 0 Å². The van der Waals surface area contributed by atoms with Gasteiger partial charge in [0, 0.05) is 0 Å². The molecule has 0 spiro atoms. The summed E-state index contributed by atoms with van der Waals surface area (Å²) in [7, 11) is -1.67. The van der Waals surface area contributed by atoms with E-state index in [1.165, 1.54) is 6.08 Å². The van der Waals surface area contributed by atoms with Crippen LogP contribution in [0.2, 0.25) is 0 Å². The number of benzene rings is 2. The van der Waals surface area contributed by atoms with Crippen LogP contribution >= 0.6 is 0 Å². The van der Waals surface area contributed by atoms with E-state index >= 15 is 0 Å². The summed E-state index contributed by atoms with van der Waals surface area (Å²) in [4.78, 5) is 0. The van der Waals surface area contributed by atoms with Crippen LogP contribution < -0.4 is 4.72 Å². The molecule has 0 bridgehead atoms. The van der Waals surface area contributed by atoms with Gasteiger partial charge in [-0.1, -0.05) is 72.8 Å². The Morgan fingerprint density at radius 2 is 1.48 bits per heavy atom. The van der Waals surface area contributed by atoms with Crippen LogP contribution in [0.4, 0.5) is 8.78 Å². The molecule has 0 amide bonds. The van der Waals surface area contributed by atoms with Crippen molar-refractivity contribution in [2.45, 2.75) is 37.5 Å². The van der Waals surface area contributed by atoms with Gasteiger partial charge < -0.3 is 0 Å². The van der Waals surface area contributed by atoms with Crippen molar-refractivity contribution in [1.82, 2.24) is 4.72 Å². The van der Waals surface area contributed by atoms with E-state index in [1.807, 2.05) is 30.3 Å². The van der Waals surface area contributed by atoms with Crippen LogP contribution in [0.25, 0.3) is 6.08 Å². The standard InChI is InChI=1S/C20H23F2NOS/c1-19(2,3)25(24)23-20(18(21)22,17-12-8-5-9-13-17)15-14-16-10-6-4-7-11-16/h4-15,18,23H,1-3H3/b15-14+/t20-,25?/m0/s1. The SMILES string of the molecule is CC(C)(C)S(=O)N[C@@](/C=C/c1ccccc1)(c1ccccc1)C(F)F. The van der Waals surface area contributed by atoms with Crippen LogP contribution in [0.1, 0.15) is 31.9 Å². The molecule has 2 aromatic carbocycles. The van der Waals surface area contributed by atoms with Gasteiger partial charge in [-0.25, -0.2) is 17.7 Å². The number of alkyl halides is 2. The van der Waals surface area contributed by atoms with Crippen molar-refractivity contribution in [2.75, 3.05) is 0 Å². The molecule has 5 heteroatoms. The first-order valence-electron chi connectivity index (χ1n) is 8.03. The first kappa shape index (κ1) is 19.5. The summed E-state index contributed by atoms with van der Waals surface area (Å²) in [5.74, 6) is 0. The lowest BCUT2D eigenvalue weighted by molar-refractivity contribution is 0.0699. The fourth-order valence-electron chi connectivity index (χ4n) is 2.24. The molecular weight excluding hydrogens is 340 g/mol. The first-order valence-corrected chi connectivity index (χ1v) is 9.18. The molecule has 0 radical (unpaired) electrons. The molecule has 0 aliphatic carbocycles. The van der Waals surface area contributed by atoms with E-state index < -0.39 is 27.7 Å². The van der Waals surface area contributed by atoms with Crippen LogP contribution in [-0.4, -0.2) is 15.4 Å². The maximum atomic E-state index is 14.2. The van der Waals surface area contributed by atoms with E-state index in [0.717, 1.165) is 5.56 Å². The second kappa shape index (κ2) is 8.02. The highest BCUT2D eigenvalue weighted by Crippen LogP contribution is 2.32. The topological polar surface area (TPSA) is 29.1 Å². The fraction of sp³-hybridized carbons (Fsp3) is 0.300. The molecule has 25 heavy (non-hydrogen) atoms. The molecule has 0 aromatic heterocycles. The highest BCUT2D eigenvalue weighted by molar-refractivity contribution is 7.84. The lowest BCUT2D eigenvalue weighted by atomic mass is 9.90. The third kappa shape index (κ3) is 4.83.